The number of rotatable bonds is 10. The van der Waals surface area contributed by atoms with Gasteiger partial charge in [0.15, 0.2) is 6.61 Å². The molecule has 2 heterocycles. The van der Waals surface area contributed by atoms with Crippen molar-refractivity contribution >= 4 is 48.9 Å². The van der Waals surface area contributed by atoms with E-state index in [2.05, 4.69) is 5.32 Å². The number of nitrogens with zero attached hydrogens (tertiary/aromatic N) is 2. The number of piperidine rings is 1. The number of amides is 1. The van der Waals surface area contributed by atoms with Gasteiger partial charge in [-0.15, -0.1) is 11.3 Å². The molecule has 1 saturated heterocycles. The number of benzene rings is 1. The number of sulfonamides is 2. The number of carbonyl (C=O) groups excluding carboxylic acids is 2. The van der Waals surface area contributed by atoms with E-state index in [0.29, 0.717) is 31.6 Å². The van der Waals surface area contributed by atoms with Crippen LogP contribution in [0.2, 0.25) is 0 Å². The Morgan fingerprint density at radius 2 is 1.69 bits per heavy atom. The molecule has 0 saturated carbocycles. The number of nitrogens with one attached hydrogen (secondary N) is 1. The fraction of sp³-hybridized carbons (Fsp3) is 0.455. The van der Waals surface area contributed by atoms with Crippen LogP contribution in [-0.2, 0) is 34.4 Å². The highest BCUT2D eigenvalue weighted by atomic mass is 32.2. The minimum atomic E-state index is -3.60. The van der Waals surface area contributed by atoms with Gasteiger partial charge in [-0.25, -0.2) is 16.8 Å². The molecule has 3 rings (SSSR count). The zero-order valence-electron chi connectivity index (χ0n) is 19.5. The smallest absolute Gasteiger partial charge is 0.309 e. The Morgan fingerprint density at radius 3 is 2.23 bits per heavy atom. The number of thiophene rings is 1. The molecule has 0 unspecified atom stereocenters. The van der Waals surface area contributed by atoms with Crippen LogP contribution in [0.1, 0.15) is 26.7 Å². The summed E-state index contributed by atoms with van der Waals surface area (Å²) in [6.45, 7) is 4.13. The van der Waals surface area contributed by atoms with Gasteiger partial charge < -0.3 is 10.1 Å². The monoisotopic (exact) mass is 543 g/mol. The molecule has 1 N–H and O–H groups in total. The fourth-order valence-corrected chi connectivity index (χ4v) is 7.82. The Kier molecular flexibility index (Phi) is 9.05. The van der Waals surface area contributed by atoms with Crippen molar-refractivity contribution in [2.75, 3.05) is 38.1 Å². The van der Waals surface area contributed by atoms with Gasteiger partial charge in [0.2, 0.25) is 10.0 Å². The molecule has 0 atom stereocenters. The molecule has 0 bridgehead atoms. The van der Waals surface area contributed by atoms with Crippen LogP contribution in [0.4, 0.5) is 5.69 Å². The maximum absolute atomic E-state index is 12.6. The lowest BCUT2D eigenvalue weighted by atomic mass is 9.98. The third kappa shape index (κ3) is 6.47. The Morgan fingerprint density at radius 1 is 1.06 bits per heavy atom. The van der Waals surface area contributed by atoms with Crippen LogP contribution in [0.15, 0.2) is 50.9 Å². The molecule has 10 nitrogen and oxygen atoms in total. The molecule has 2 aromatic rings. The predicted molar refractivity (Wildman–Crippen MR) is 132 cm³/mol. The van der Waals surface area contributed by atoms with E-state index in [0.717, 1.165) is 11.3 Å². The van der Waals surface area contributed by atoms with Crippen LogP contribution in [0.3, 0.4) is 0 Å². The summed E-state index contributed by atoms with van der Waals surface area (Å²) in [6, 6.07) is 8.99. The largest absolute Gasteiger partial charge is 0.455 e. The van der Waals surface area contributed by atoms with Gasteiger partial charge in [-0.3, -0.25) is 9.59 Å². The molecule has 0 radical (unpaired) electrons. The maximum atomic E-state index is 12.6. The first-order chi connectivity index (χ1) is 16.6. The molecule has 1 fully saturated rings. The van der Waals surface area contributed by atoms with Crippen LogP contribution >= 0.6 is 11.3 Å². The van der Waals surface area contributed by atoms with Crippen molar-refractivity contribution < 1.29 is 31.2 Å². The van der Waals surface area contributed by atoms with Gasteiger partial charge in [0.25, 0.3) is 15.9 Å². The minimum Gasteiger partial charge on any atom is -0.455 e. The topological polar surface area (TPSA) is 130 Å². The first kappa shape index (κ1) is 27.3. The molecule has 1 aromatic heterocycles. The van der Waals surface area contributed by atoms with E-state index in [1.54, 1.807) is 31.4 Å². The lowest BCUT2D eigenvalue weighted by Crippen LogP contribution is -2.40. The fourth-order valence-electron chi connectivity index (χ4n) is 3.74. The summed E-state index contributed by atoms with van der Waals surface area (Å²) in [5, 5.41) is 4.27. The first-order valence-corrected chi connectivity index (χ1v) is 15.0. The molecule has 35 heavy (non-hydrogen) atoms. The summed E-state index contributed by atoms with van der Waals surface area (Å²) in [6.07, 6.45) is 0.626. The average Bonchev–Trinajstić information content (AvgIpc) is 3.40. The van der Waals surface area contributed by atoms with Crippen LogP contribution in [0, 0.1) is 5.92 Å². The zero-order valence-corrected chi connectivity index (χ0v) is 22.0. The number of hydrogen-bond acceptors (Lipinski definition) is 8. The Bertz CT molecular complexity index is 1220. The van der Waals surface area contributed by atoms with Gasteiger partial charge in [0.05, 0.1) is 10.8 Å². The molecule has 192 valence electrons. The summed E-state index contributed by atoms with van der Waals surface area (Å²) in [7, 11) is -7.15. The van der Waals surface area contributed by atoms with Gasteiger partial charge in [0, 0.05) is 31.9 Å². The van der Waals surface area contributed by atoms with Crippen molar-refractivity contribution in [3.63, 3.8) is 0 Å². The van der Waals surface area contributed by atoms with E-state index in [4.69, 9.17) is 4.74 Å². The van der Waals surface area contributed by atoms with E-state index in [1.165, 1.54) is 32.9 Å². The summed E-state index contributed by atoms with van der Waals surface area (Å²) in [5.74, 6) is -1.59. The molecular formula is C22H29N3O7S3. The minimum absolute atomic E-state index is 0.123. The lowest BCUT2D eigenvalue weighted by Gasteiger charge is -2.29. The number of hydrogen-bond donors (Lipinski definition) is 1. The van der Waals surface area contributed by atoms with Crippen molar-refractivity contribution in [2.45, 2.75) is 35.8 Å². The van der Waals surface area contributed by atoms with Gasteiger partial charge in [-0.1, -0.05) is 19.9 Å². The van der Waals surface area contributed by atoms with Gasteiger partial charge in [-0.05, 0) is 48.6 Å². The van der Waals surface area contributed by atoms with Crippen molar-refractivity contribution in [3.05, 3.63) is 41.8 Å². The van der Waals surface area contributed by atoms with Crippen molar-refractivity contribution in [3.8, 4) is 0 Å². The summed E-state index contributed by atoms with van der Waals surface area (Å²) in [5.41, 5.74) is 0.372. The summed E-state index contributed by atoms with van der Waals surface area (Å²) >= 11 is 1.15. The van der Waals surface area contributed by atoms with Crippen molar-refractivity contribution in [1.82, 2.24) is 8.61 Å². The van der Waals surface area contributed by atoms with Crippen LogP contribution in [0.25, 0.3) is 0 Å². The zero-order chi connectivity index (χ0) is 25.6. The summed E-state index contributed by atoms with van der Waals surface area (Å²) in [4.78, 5) is 24.7. The molecule has 1 aromatic carbocycles. The third-order valence-electron chi connectivity index (χ3n) is 5.70. The number of ether oxygens (including phenoxy) is 1. The van der Waals surface area contributed by atoms with Gasteiger partial charge in [0.1, 0.15) is 4.21 Å². The van der Waals surface area contributed by atoms with Gasteiger partial charge >= 0.3 is 5.97 Å². The Balaban J connectivity index is 1.47. The second kappa shape index (κ2) is 11.6. The van der Waals surface area contributed by atoms with E-state index in [9.17, 15) is 26.4 Å². The second-order valence-corrected chi connectivity index (χ2v) is 12.9. The summed E-state index contributed by atoms with van der Waals surface area (Å²) < 4.78 is 58.3. The third-order valence-corrected chi connectivity index (χ3v) is 11.0. The van der Waals surface area contributed by atoms with Gasteiger partial charge in [-0.2, -0.15) is 8.61 Å². The van der Waals surface area contributed by atoms with Crippen molar-refractivity contribution in [2.24, 2.45) is 5.92 Å². The number of esters is 1. The molecule has 1 aliphatic heterocycles. The van der Waals surface area contributed by atoms with E-state index >= 15 is 0 Å². The molecule has 0 aliphatic carbocycles. The molecule has 13 heteroatoms. The molecular weight excluding hydrogens is 514 g/mol. The quantitative estimate of drug-likeness (QED) is 0.455. The highest BCUT2D eigenvalue weighted by Gasteiger charge is 2.33. The Hall–Kier alpha value is -2.32. The van der Waals surface area contributed by atoms with Crippen LogP contribution in [0.5, 0.6) is 0 Å². The second-order valence-electron chi connectivity index (χ2n) is 7.88. The SMILES string of the molecule is CCN(CC)S(=O)(=O)c1ccc(NC(=O)COC(=O)C2CCN(S(=O)(=O)c3cccs3)CC2)cc1. The Labute approximate surface area is 210 Å². The average molecular weight is 544 g/mol. The molecule has 1 aliphatic rings. The predicted octanol–water partition coefficient (Wildman–Crippen LogP) is 2.36. The first-order valence-electron chi connectivity index (χ1n) is 11.2. The van der Waals surface area contributed by atoms with E-state index < -0.39 is 44.4 Å². The van der Waals surface area contributed by atoms with Crippen molar-refractivity contribution in [1.29, 1.82) is 0 Å². The van der Waals surface area contributed by atoms with Crippen LogP contribution in [-0.4, -0.2) is 70.1 Å². The number of anilines is 1. The van der Waals surface area contributed by atoms with E-state index in [-0.39, 0.29) is 22.2 Å². The highest BCUT2D eigenvalue weighted by molar-refractivity contribution is 7.91. The standard InChI is InChI=1S/C22H29N3O7S3/c1-3-24(4-2)34(28,29)19-9-7-18(8-10-19)23-20(26)16-32-22(27)17-11-13-25(14-12-17)35(30,31)21-6-5-15-33-21/h5-10,15,17H,3-4,11-14,16H2,1-2H3,(H,23,26). The number of carbonyl (C=O) groups is 2. The lowest BCUT2D eigenvalue weighted by molar-refractivity contribution is -0.152. The molecule has 1 amide bonds. The normalized spacial score (nSPS) is 15.7. The molecule has 0 spiro atoms. The van der Waals surface area contributed by atoms with Crippen LogP contribution < -0.4 is 5.32 Å². The maximum Gasteiger partial charge on any atom is 0.309 e. The van der Waals surface area contributed by atoms with E-state index in [1.807, 2.05) is 0 Å². The highest BCUT2D eigenvalue weighted by Crippen LogP contribution is 2.27.